The molecule has 0 unspecified atom stereocenters. The molecule has 0 amide bonds. The molecule has 19 heavy (non-hydrogen) atoms. The smallest absolute Gasteiger partial charge is 0.176 e. The van der Waals surface area contributed by atoms with Crippen molar-refractivity contribution < 1.29 is 14.3 Å². The molecule has 0 bridgehead atoms. The van der Waals surface area contributed by atoms with Crippen molar-refractivity contribution in [2.45, 2.75) is 6.42 Å². The highest BCUT2D eigenvalue weighted by atomic mass is 79.9. The van der Waals surface area contributed by atoms with Gasteiger partial charge in [0.15, 0.2) is 5.78 Å². The average molecular weight is 330 g/mol. The van der Waals surface area contributed by atoms with E-state index in [0.29, 0.717) is 18.7 Å². The lowest BCUT2D eigenvalue weighted by molar-refractivity contribution is 0.0938. The van der Waals surface area contributed by atoms with E-state index in [0.717, 1.165) is 23.2 Å². The van der Waals surface area contributed by atoms with E-state index < -0.39 is 0 Å². The fraction of sp³-hybridized carbons (Fsp3) is 0.500. The number of hydrogen-bond acceptors (Lipinski definition) is 4. The summed E-state index contributed by atoms with van der Waals surface area (Å²) in [5.74, 6) is 0.827. The molecular formula is C14H20BrNO3. The molecule has 0 saturated carbocycles. The number of likely N-dealkylation sites (N-methyl/N-ethyl adjacent to an activating group) is 1. The number of rotatable bonds is 8. The van der Waals surface area contributed by atoms with E-state index in [2.05, 4.69) is 15.9 Å². The highest BCUT2D eigenvalue weighted by Gasteiger charge is 2.11. The second-order valence-corrected chi connectivity index (χ2v) is 5.21. The first-order valence-electron chi connectivity index (χ1n) is 6.12. The average Bonchev–Trinajstić information content (AvgIpc) is 2.38. The number of hydrogen-bond donors (Lipinski definition) is 0. The van der Waals surface area contributed by atoms with E-state index in [-0.39, 0.29) is 5.78 Å². The standard InChI is InChI=1S/C14H20BrNO3/c1-16(7-4-8-18-2)10-13(17)11-5-6-14(19-3)12(15)9-11/h5-6,9H,4,7-8,10H2,1-3H3. The van der Waals surface area contributed by atoms with Crippen LogP contribution in [-0.2, 0) is 4.74 Å². The second kappa shape index (κ2) is 8.30. The number of carbonyl (C=O) groups excluding carboxylic acids is 1. The maximum atomic E-state index is 12.1. The van der Waals surface area contributed by atoms with E-state index in [4.69, 9.17) is 9.47 Å². The van der Waals surface area contributed by atoms with Gasteiger partial charge >= 0.3 is 0 Å². The molecule has 5 heteroatoms. The van der Waals surface area contributed by atoms with Crippen molar-refractivity contribution in [2.75, 3.05) is 41.0 Å². The van der Waals surface area contributed by atoms with Crippen LogP contribution in [0.3, 0.4) is 0 Å². The summed E-state index contributed by atoms with van der Waals surface area (Å²) < 4.78 is 10.9. The van der Waals surface area contributed by atoms with Crippen LogP contribution in [0.2, 0.25) is 0 Å². The zero-order valence-corrected chi connectivity index (χ0v) is 13.2. The number of benzene rings is 1. The van der Waals surface area contributed by atoms with Crippen LogP contribution in [0.5, 0.6) is 5.75 Å². The number of carbonyl (C=O) groups is 1. The minimum Gasteiger partial charge on any atom is -0.496 e. The Morgan fingerprint density at radius 2 is 2.11 bits per heavy atom. The van der Waals surface area contributed by atoms with Gasteiger partial charge in [0.05, 0.1) is 18.1 Å². The van der Waals surface area contributed by atoms with Crippen molar-refractivity contribution in [3.8, 4) is 5.75 Å². The summed E-state index contributed by atoms with van der Waals surface area (Å²) in [5, 5.41) is 0. The Bertz CT molecular complexity index is 423. The van der Waals surface area contributed by atoms with Crippen LogP contribution >= 0.6 is 15.9 Å². The zero-order valence-electron chi connectivity index (χ0n) is 11.6. The summed E-state index contributed by atoms with van der Waals surface area (Å²) in [5.41, 5.74) is 0.686. The van der Waals surface area contributed by atoms with Gasteiger partial charge in [-0.3, -0.25) is 9.69 Å². The predicted molar refractivity (Wildman–Crippen MR) is 79.0 cm³/mol. The Balaban J connectivity index is 2.55. The van der Waals surface area contributed by atoms with Gasteiger partial charge in [-0.25, -0.2) is 0 Å². The molecule has 1 aromatic rings. The molecule has 0 aromatic heterocycles. The minimum atomic E-state index is 0.100. The van der Waals surface area contributed by atoms with Crippen molar-refractivity contribution in [3.05, 3.63) is 28.2 Å². The van der Waals surface area contributed by atoms with E-state index in [1.807, 2.05) is 11.9 Å². The molecule has 0 radical (unpaired) electrons. The van der Waals surface area contributed by atoms with Crippen molar-refractivity contribution in [2.24, 2.45) is 0 Å². The first kappa shape index (κ1) is 16.1. The van der Waals surface area contributed by atoms with Crippen LogP contribution in [0, 0.1) is 0 Å². The molecule has 4 nitrogen and oxygen atoms in total. The molecule has 0 atom stereocenters. The second-order valence-electron chi connectivity index (χ2n) is 4.36. The Morgan fingerprint density at radius 3 is 2.68 bits per heavy atom. The number of ether oxygens (including phenoxy) is 2. The summed E-state index contributed by atoms with van der Waals surface area (Å²) in [6.07, 6.45) is 0.923. The third-order valence-electron chi connectivity index (χ3n) is 2.78. The SMILES string of the molecule is COCCCN(C)CC(=O)c1ccc(OC)c(Br)c1. The summed E-state index contributed by atoms with van der Waals surface area (Å²) in [7, 11) is 5.22. The first-order valence-corrected chi connectivity index (χ1v) is 6.92. The first-order chi connectivity index (χ1) is 9.08. The van der Waals surface area contributed by atoms with Gasteiger partial charge in [-0.05, 0) is 47.6 Å². The van der Waals surface area contributed by atoms with Crippen molar-refractivity contribution in [1.29, 1.82) is 0 Å². The van der Waals surface area contributed by atoms with Gasteiger partial charge < -0.3 is 9.47 Å². The summed E-state index contributed by atoms with van der Waals surface area (Å²) in [4.78, 5) is 14.1. The molecule has 0 saturated heterocycles. The van der Waals surface area contributed by atoms with Crippen LogP contribution in [0.15, 0.2) is 22.7 Å². The largest absolute Gasteiger partial charge is 0.496 e. The third-order valence-corrected chi connectivity index (χ3v) is 3.40. The van der Waals surface area contributed by atoms with E-state index in [9.17, 15) is 4.79 Å². The summed E-state index contributed by atoms with van der Waals surface area (Å²) in [6, 6.07) is 5.38. The lowest BCUT2D eigenvalue weighted by Gasteiger charge is -2.15. The fourth-order valence-electron chi connectivity index (χ4n) is 1.73. The lowest BCUT2D eigenvalue weighted by atomic mass is 10.1. The topological polar surface area (TPSA) is 38.8 Å². The van der Waals surface area contributed by atoms with Crippen molar-refractivity contribution >= 4 is 21.7 Å². The summed E-state index contributed by atoms with van der Waals surface area (Å²) in [6.45, 7) is 1.96. The van der Waals surface area contributed by atoms with Gasteiger partial charge in [0.2, 0.25) is 0 Å². The van der Waals surface area contributed by atoms with Crippen LogP contribution in [0.1, 0.15) is 16.8 Å². The van der Waals surface area contributed by atoms with Crippen molar-refractivity contribution in [1.82, 2.24) is 4.90 Å². The Labute approximate surface area is 122 Å². The number of methoxy groups -OCH3 is 2. The summed E-state index contributed by atoms with van der Waals surface area (Å²) >= 11 is 3.39. The molecule has 1 aromatic carbocycles. The maximum Gasteiger partial charge on any atom is 0.176 e. The van der Waals surface area contributed by atoms with Gasteiger partial charge in [-0.1, -0.05) is 0 Å². The Morgan fingerprint density at radius 1 is 1.37 bits per heavy atom. The molecule has 0 aliphatic carbocycles. The number of Topliss-reactive ketones (excluding diaryl/α,β-unsaturated/α-hetero) is 1. The molecule has 106 valence electrons. The molecule has 0 heterocycles. The molecule has 1 rings (SSSR count). The van der Waals surface area contributed by atoms with Gasteiger partial charge in [-0.2, -0.15) is 0 Å². The molecule has 0 aliphatic heterocycles. The highest BCUT2D eigenvalue weighted by Crippen LogP contribution is 2.25. The molecule has 0 aliphatic rings. The molecule has 0 spiro atoms. The number of nitrogens with zero attached hydrogens (tertiary/aromatic N) is 1. The van der Waals surface area contributed by atoms with Crippen LogP contribution in [-0.4, -0.2) is 51.6 Å². The third kappa shape index (κ3) is 5.30. The van der Waals surface area contributed by atoms with E-state index in [1.165, 1.54) is 0 Å². The van der Waals surface area contributed by atoms with Crippen LogP contribution in [0.25, 0.3) is 0 Å². The van der Waals surface area contributed by atoms with Gasteiger partial charge in [0.25, 0.3) is 0 Å². The van der Waals surface area contributed by atoms with Crippen molar-refractivity contribution in [3.63, 3.8) is 0 Å². The molecule has 0 fully saturated rings. The molecular weight excluding hydrogens is 310 g/mol. The number of halogens is 1. The van der Waals surface area contributed by atoms with E-state index in [1.54, 1.807) is 32.4 Å². The quantitative estimate of drug-likeness (QED) is 0.543. The van der Waals surface area contributed by atoms with Crippen LogP contribution < -0.4 is 4.74 Å². The minimum absolute atomic E-state index is 0.100. The predicted octanol–water partition coefficient (Wildman–Crippen LogP) is 2.61. The Kier molecular flexibility index (Phi) is 7.05. The van der Waals surface area contributed by atoms with Gasteiger partial charge in [0.1, 0.15) is 5.75 Å². The highest BCUT2D eigenvalue weighted by molar-refractivity contribution is 9.10. The monoisotopic (exact) mass is 329 g/mol. The number of ketones is 1. The van der Waals surface area contributed by atoms with Gasteiger partial charge in [-0.15, -0.1) is 0 Å². The van der Waals surface area contributed by atoms with E-state index >= 15 is 0 Å². The lowest BCUT2D eigenvalue weighted by Crippen LogP contribution is -2.27. The van der Waals surface area contributed by atoms with Crippen LogP contribution in [0.4, 0.5) is 0 Å². The normalized spacial score (nSPS) is 10.8. The van der Waals surface area contributed by atoms with Gasteiger partial charge in [0, 0.05) is 25.8 Å². The fourth-order valence-corrected chi connectivity index (χ4v) is 2.27. The zero-order chi connectivity index (χ0) is 14.3. The maximum absolute atomic E-state index is 12.1. The Hall–Kier alpha value is -0.910. The molecule has 0 N–H and O–H groups in total.